The Kier molecular flexibility index (Phi) is 5.66. The van der Waals surface area contributed by atoms with Gasteiger partial charge in [-0.3, -0.25) is 0 Å². The van der Waals surface area contributed by atoms with Crippen LogP contribution in [0.15, 0.2) is 60.7 Å². The van der Waals surface area contributed by atoms with Gasteiger partial charge in [-0.05, 0) is 24.3 Å². The van der Waals surface area contributed by atoms with E-state index in [-0.39, 0.29) is 33.9 Å². The number of hydrogen-bond acceptors (Lipinski definition) is 4. The Labute approximate surface area is 121 Å². The van der Waals surface area contributed by atoms with Gasteiger partial charge in [0.2, 0.25) is 0 Å². The van der Waals surface area contributed by atoms with Gasteiger partial charge in [0.15, 0.2) is 0 Å². The third-order valence-corrected chi connectivity index (χ3v) is 2.79. The Morgan fingerprint density at radius 2 is 1.11 bits per heavy atom. The van der Waals surface area contributed by atoms with Crippen molar-refractivity contribution in [2.24, 2.45) is 0 Å². The minimum absolute atomic E-state index is 0. The molecule has 2 aromatic carbocycles. The van der Waals surface area contributed by atoms with Crippen LogP contribution >= 0.6 is 7.82 Å². The van der Waals surface area contributed by atoms with E-state index in [0.717, 1.165) is 0 Å². The Hall–Kier alpha value is -1.03. The molecule has 0 aliphatic rings. The molecule has 98 valence electrons. The fourth-order valence-electron chi connectivity index (χ4n) is 1.24. The molecule has 2 rings (SSSR count). The summed E-state index contributed by atoms with van der Waals surface area (Å²) in [5.41, 5.74) is 0. The van der Waals surface area contributed by atoms with Crippen LogP contribution < -0.4 is 13.9 Å². The van der Waals surface area contributed by atoms with Crippen molar-refractivity contribution in [3.63, 3.8) is 0 Å². The number of hydrogen-bond donors (Lipinski definition) is 0. The predicted molar refractivity (Wildman–Crippen MR) is 61.7 cm³/mol. The Morgan fingerprint density at radius 1 is 0.778 bits per heavy atom. The maximum absolute atomic E-state index is 11.6. The zero-order valence-electron chi connectivity index (χ0n) is 9.16. The van der Waals surface area contributed by atoms with Gasteiger partial charge in [0.1, 0.15) is 11.5 Å². The Bertz CT molecular complexity index is 473. The number of phosphoric ester groups is 1. The van der Waals surface area contributed by atoms with Crippen LogP contribution in [0.5, 0.6) is 11.5 Å². The Morgan fingerprint density at radius 3 is 1.44 bits per heavy atom. The van der Waals surface area contributed by atoms with Crippen LogP contribution in [0.25, 0.3) is 0 Å². The normalized spacial score (nSPS) is 10.3. The average Bonchev–Trinajstić information content (AvgIpc) is 2.30. The van der Waals surface area contributed by atoms with Crippen LogP contribution in [0, 0.1) is 0 Å². The van der Waals surface area contributed by atoms with Gasteiger partial charge in [-0.2, -0.15) is 0 Å². The van der Waals surface area contributed by atoms with Crippen molar-refractivity contribution >= 4 is 7.82 Å². The van der Waals surface area contributed by atoms with Gasteiger partial charge < -0.3 is 13.9 Å². The molecular formula is C12H10AgO4P. The zero-order chi connectivity index (χ0) is 12.1. The van der Waals surface area contributed by atoms with Crippen LogP contribution in [0.2, 0.25) is 0 Å². The second kappa shape index (κ2) is 6.78. The molecule has 0 saturated carbocycles. The molecule has 0 saturated heterocycles. The van der Waals surface area contributed by atoms with Gasteiger partial charge in [-0.1, -0.05) is 36.4 Å². The van der Waals surface area contributed by atoms with Gasteiger partial charge in [-0.15, -0.1) is 0 Å². The van der Waals surface area contributed by atoms with Crippen molar-refractivity contribution in [3.8, 4) is 11.5 Å². The summed E-state index contributed by atoms with van der Waals surface area (Å²) >= 11 is 0. The van der Waals surface area contributed by atoms with E-state index in [9.17, 15) is 9.46 Å². The molecule has 0 aliphatic carbocycles. The van der Waals surface area contributed by atoms with Crippen LogP contribution in [-0.4, -0.2) is 0 Å². The number of benzene rings is 2. The van der Waals surface area contributed by atoms with Crippen LogP contribution in [0.4, 0.5) is 0 Å². The maximum atomic E-state index is 11.6. The second-order valence-corrected chi connectivity index (χ2v) is 4.52. The van der Waals surface area contributed by atoms with E-state index in [2.05, 4.69) is 0 Å². The summed E-state index contributed by atoms with van der Waals surface area (Å²) in [7, 11) is -4.39. The molecule has 0 aliphatic heterocycles. The molecule has 0 atom stereocenters. The molecule has 0 fully saturated rings. The minimum Gasteiger partial charge on any atom is -0.736 e. The van der Waals surface area contributed by atoms with Crippen LogP contribution in [0.3, 0.4) is 0 Å². The molecule has 6 heteroatoms. The van der Waals surface area contributed by atoms with E-state index in [1.165, 1.54) is 0 Å². The Balaban J connectivity index is 0.00000162. The van der Waals surface area contributed by atoms with E-state index in [1.807, 2.05) is 0 Å². The molecule has 2 aromatic rings. The summed E-state index contributed by atoms with van der Waals surface area (Å²) in [5, 5.41) is 0. The van der Waals surface area contributed by atoms with Gasteiger partial charge >= 0.3 is 30.2 Å². The molecule has 0 amide bonds. The predicted octanol–water partition coefficient (Wildman–Crippen LogP) is 2.61. The summed E-state index contributed by atoms with van der Waals surface area (Å²) in [6.45, 7) is 0. The summed E-state index contributed by atoms with van der Waals surface area (Å²) in [6.07, 6.45) is 0. The molecule has 0 bridgehead atoms. The first-order valence-electron chi connectivity index (χ1n) is 4.96. The fourth-order valence-corrected chi connectivity index (χ4v) is 2.04. The molecule has 0 N–H and O–H groups in total. The van der Waals surface area contributed by atoms with Gasteiger partial charge in [-0.25, -0.2) is 4.57 Å². The van der Waals surface area contributed by atoms with E-state index in [4.69, 9.17) is 9.05 Å². The average molecular weight is 357 g/mol. The van der Waals surface area contributed by atoms with E-state index in [1.54, 1.807) is 60.7 Å². The molecule has 0 spiro atoms. The van der Waals surface area contributed by atoms with Crippen molar-refractivity contribution in [1.82, 2.24) is 0 Å². The van der Waals surface area contributed by atoms with E-state index < -0.39 is 7.82 Å². The first-order chi connectivity index (χ1) is 8.16. The summed E-state index contributed by atoms with van der Waals surface area (Å²) in [6, 6.07) is 16.4. The van der Waals surface area contributed by atoms with Gasteiger partial charge in [0.25, 0.3) is 0 Å². The summed E-state index contributed by atoms with van der Waals surface area (Å²) in [5.74, 6) is 0.448. The SMILES string of the molecule is O=P([O-])(Oc1ccccc1)Oc1ccccc1.[Ag+]. The summed E-state index contributed by atoms with van der Waals surface area (Å²) < 4.78 is 21.1. The third kappa shape index (κ3) is 4.69. The standard InChI is InChI=1S/C12H11O4P.Ag/c13-17(14,15-11-7-3-1-4-8-11)16-12-9-5-2-6-10-12;/h1-10H,(H,13,14);/q;+1/p-1. The minimum atomic E-state index is -4.39. The topological polar surface area (TPSA) is 58.6 Å². The molecule has 0 unspecified atom stereocenters. The molecular weight excluding hydrogens is 347 g/mol. The fraction of sp³-hybridized carbons (Fsp3) is 0. The maximum Gasteiger partial charge on any atom is 1.00 e. The number of para-hydroxylation sites is 2. The van der Waals surface area contributed by atoms with Crippen molar-refractivity contribution in [2.75, 3.05) is 0 Å². The second-order valence-electron chi connectivity index (χ2n) is 3.26. The smallest absolute Gasteiger partial charge is 0.736 e. The van der Waals surface area contributed by atoms with Crippen molar-refractivity contribution in [3.05, 3.63) is 60.7 Å². The van der Waals surface area contributed by atoms with Crippen LogP contribution in [0.1, 0.15) is 0 Å². The zero-order valence-corrected chi connectivity index (χ0v) is 11.5. The molecule has 0 aromatic heterocycles. The van der Waals surface area contributed by atoms with Crippen molar-refractivity contribution in [2.45, 2.75) is 0 Å². The first-order valence-corrected chi connectivity index (χ1v) is 6.42. The van der Waals surface area contributed by atoms with Gasteiger partial charge in [0, 0.05) is 0 Å². The van der Waals surface area contributed by atoms with Crippen molar-refractivity contribution < 1.29 is 40.9 Å². The molecule has 0 heterocycles. The largest absolute Gasteiger partial charge is 1.00 e. The molecule has 4 nitrogen and oxygen atoms in total. The quantitative estimate of drug-likeness (QED) is 0.624. The van der Waals surface area contributed by atoms with E-state index in [0.29, 0.717) is 0 Å². The first kappa shape index (κ1) is 15.0. The number of rotatable bonds is 4. The van der Waals surface area contributed by atoms with E-state index >= 15 is 0 Å². The molecule has 0 radical (unpaired) electrons. The van der Waals surface area contributed by atoms with Crippen LogP contribution in [-0.2, 0) is 26.9 Å². The number of phosphoric acid groups is 1. The van der Waals surface area contributed by atoms with Crippen molar-refractivity contribution in [1.29, 1.82) is 0 Å². The molecule has 18 heavy (non-hydrogen) atoms. The summed E-state index contributed by atoms with van der Waals surface area (Å²) in [4.78, 5) is 11.6. The van der Waals surface area contributed by atoms with Gasteiger partial charge in [0.05, 0.1) is 0 Å². The monoisotopic (exact) mass is 356 g/mol. The third-order valence-electron chi connectivity index (χ3n) is 1.92.